The first-order valence-electron chi connectivity index (χ1n) is 8.69. The molecule has 2 aliphatic carbocycles. The van der Waals surface area contributed by atoms with Gasteiger partial charge in [0.1, 0.15) is 5.54 Å². The van der Waals surface area contributed by atoms with Crippen molar-refractivity contribution in [1.29, 1.82) is 0 Å². The molecule has 0 aliphatic heterocycles. The molecular formula is C17H32N2O2. The molecule has 2 rings (SSSR count). The summed E-state index contributed by atoms with van der Waals surface area (Å²) in [6, 6.07) is 0. The Kier molecular flexibility index (Phi) is 6.06. The van der Waals surface area contributed by atoms with E-state index in [1.54, 1.807) is 7.05 Å². The molecule has 122 valence electrons. The maximum Gasteiger partial charge on any atom is 0.324 e. The van der Waals surface area contributed by atoms with Crippen molar-refractivity contribution in [1.82, 2.24) is 10.2 Å². The molecular weight excluding hydrogens is 264 g/mol. The van der Waals surface area contributed by atoms with Crippen LogP contribution in [-0.4, -0.2) is 48.7 Å². The van der Waals surface area contributed by atoms with Crippen molar-refractivity contribution in [3.8, 4) is 0 Å². The highest BCUT2D eigenvalue weighted by molar-refractivity contribution is 5.79. The molecule has 0 radical (unpaired) electrons. The molecule has 0 aromatic rings. The van der Waals surface area contributed by atoms with E-state index in [0.29, 0.717) is 0 Å². The predicted molar refractivity (Wildman–Crippen MR) is 85.5 cm³/mol. The molecule has 0 aromatic heterocycles. The van der Waals surface area contributed by atoms with E-state index in [9.17, 15) is 9.90 Å². The minimum Gasteiger partial charge on any atom is -0.480 e. The smallest absolute Gasteiger partial charge is 0.324 e. The fourth-order valence-corrected chi connectivity index (χ4v) is 4.46. The van der Waals surface area contributed by atoms with Gasteiger partial charge >= 0.3 is 5.97 Å². The molecule has 0 heterocycles. The first-order chi connectivity index (χ1) is 10.1. The zero-order chi connectivity index (χ0) is 15.3. The van der Waals surface area contributed by atoms with Gasteiger partial charge in [-0.2, -0.15) is 0 Å². The Morgan fingerprint density at radius 2 is 1.95 bits per heavy atom. The SMILES string of the molecule is CNC1(C(=O)O)CCCC1CCN(C)CC1CCCCC1. The quantitative estimate of drug-likeness (QED) is 0.758. The zero-order valence-electron chi connectivity index (χ0n) is 13.7. The van der Waals surface area contributed by atoms with Crippen molar-refractivity contribution < 1.29 is 9.90 Å². The Labute approximate surface area is 129 Å². The van der Waals surface area contributed by atoms with Gasteiger partial charge in [-0.15, -0.1) is 0 Å². The van der Waals surface area contributed by atoms with Gasteiger partial charge in [-0.3, -0.25) is 4.79 Å². The fraction of sp³-hybridized carbons (Fsp3) is 0.941. The lowest BCUT2D eigenvalue weighted by molar-refractivity contribution is -0.146. The van der Waals surface area contributed by atoms with E-state index in [0.717, 1.165) is 38.1 Å². The van der Waals surface area contributed by atoms with Gasteiger partial charge in [0.05, 0.1) is 0 Å². The van der Waals surface area contributed by atoms with Gasteiger partial charge in [-0.1, -0.05) is 25.7 Å². The van der Waals surface area contributed by atoms with Crippen LogP contribution in [-0.2, 0) is 4.79 Å². The van der Waals surface area contributed by atoms with Crippen LogP contribution in [0.1, 0.15) is 57.8 Å². The third-order valence-electron chi connectivity index (χ3n) is 5.80. The topological polar surface area (TPSA) is 52.6 Å². The first kappa shape index (κ1) is 16.8. The summed E-state index contributed by atoms with van der Waals surface area (Å²) in [4.78, 5) is 14.1. The Morgan fingerprint density at radius 3 is 2.57 bits per heavy atom. The normalized spacial score (nSPS) is 30.9. The number of hydrogen-bond donors (Lipinski definition) is 2. The summed E-state index contributed by atoms with van der Waals surface area (Å²) in [5.41, 5.74) is -0.675. The van der Waals surface area contributed by atoms with Crippen LogP contribution in [0.15, 0.2) is 0 Å². The van der Waals surface area contributed by atoms with E-state index in [1.165, 1.54) is 38.6 Å². The number of carboxylic acid groups (broad SMARTS) is 1. The number of rotatable bonds is 7. The molecule has 2 atom stereocenters. The Hall–Kier alpha value is -0.610. The lowest BCUT2D eigenvalue weighted by Crippen LogP contribution is -2.53. The van der Waals surface area contributed by atoms with Gasteiger partial charge in [-0.25, -0.2) is 0 Å². The average molecular weight is 296 g/mol. The third kappa shape index (κ3) is 3.98. The van der Waals surface area contributed by atoms with Crippen LogP contribution in [0.5, 0.6) is 0 Å². The van der Waals surface area contributed by atoms with Crippen LogP contribution in [0, 0.1) is 11.8 Å². The standard InChI is InChI=1S/C17H32N2O2/c1-18-17(16(20)21)11-6-9-15(17)10-12-19(2)13-14-7-4-3-5-8-14/h14-15,18H,3-13H2,1-2H3,(H,20,21). The van der Waals surface area contributed by atoms with Gasteiger partial charge in [0.2, 0.25) is 0 Å². The highest BCUT2D eigenvalue weighted by atomic mass is 16.4. The molecule has 2 fully saturated rings. The second kappa shape index (κ2) is 7.59. The van der Waals surface area contributed by atoms with Crippen molar-refractivity contribution in [2.24, 2.45) is 11.8 Å². The van der Waals surface area contributed by atoms with Crippen molar-refractivity contribution in [3.63, 3.8) is 0 Å². The number of likely N-dealkylation sites (N-methyl/N-ethyl adjacent to an activating group) is 1. The van der Waals surface area contributed by atoms with Crippen molar-refractivity contribution >= 4 is 5.97 Å². The van der Waals surface area contributed by atoms with Gasteiger partial charge in [0.25, 0.3) is 0 Å². The minimum atomic E-state index is -0.675. The molecule has 21 heavy (non-hydrogen) atoms. The molecule has 0 bridgehead atoms. The summed E-state index contributed by atoms with van der Waals surface area (Å²) in [5, 5.41) is 12.7. The van der Waals surface area contributed by atoms with Gasteiger partial charge in [-0.05, 0) is 64.6 Å². The van der Waals surface area contributed by atoms with Gasteiger partial charge in [0.15, 0.2) is 0 Å². The Balaban J connectivity index is 1.79. The number of carboxylic acids is 1. The number of nitrogens with zero attached hydrogens (tertiary/aromatic N) is 1. The molecule has 0 aromatic carbocycles. The summed E-state index contributed by atoms with van der Waals surface area (Å²) in [6.07, 6.45) is 10.8. The van der Waals surface area contributed by atoms with Crippen LogP contribution in [0.4, 0.5) is 0 Å². The number of nitrogens with one attached hydrogen (secondary N) is 1. The third-order valence-corrected chi connectivity index (χ3v) is 5.80. The zero-order valence-corrected chi connectivity index (χ0v) is 13.7. The fourth-order valence-electron chi connectivity index (χ4n) is 4.46. The summed E-state index contributed by atoms with van der Waals surface area (Å²) < 4.78 is 0. The van der Waals surface area contributed by atoms with Crippen molar-refractivity contribution in [2.75, 3.05) is 27.2 Å². The summed E-state index contributed by atoms with van der Waals surface area (Å²) in [5.74, 6) is 0.470. The predicted octanol–water partition coefficient (Wildman–Crippen LogP) is 2.73. The Bertz CT molecular complexity index is 342. The monoisotopic (exact) mass is 296 g/mol. The van der Waals surface area contributed by atoms with E-state index in [2.05, 4.69) is 17.3 Å². The number of aliphatic carboxylic acids is 1. The van der Waals surface area contributed by atoms with E-state index >= 15 is 0 Å². The molecule has 4 heteroatoms. The van der Waals surface area contributed by atoms with Gasteiger partial charge in [0, 0.05) is 6.54 Å². The highest BCUT2D eigenvalue weighted by Gasteiger charge is 2.47. The van der Waals surface area contributed by atoms with Gasteiger partial charge < -0.3 is 15.3 Å². The van der Waals surface area contributed by atoms with E-state index in [-0.39, 0.29) is 5.92 Å². The molecule has 4 nitrogen and oxygen atoms in total. The second-order valence-electron chi connectivity index (χ2n) is 7.17. The van der Waals surface area contributed by atoms with Crippen LogP contribution >= 0.6 is 0 Å². The first-order valence-corrected chi connectivity index (χ1v) is 8.69. The van der Waals surface area contributed by atoms with E-state index < -0.39 is 11.5 Å². The maximum absolute atomic E-state index is 11.7. The number of carbonyl (C=O) groups is 1. The van der Waals surface area contributed by atoms with E-state index in [4.69, 9.17) is 0 Å². The van der Waals surface area contributed by atoms with Crippen LogP contribution in [0.25, 0.3) is 0 Å². The molecule has 2 aliphatic rings. The summed E-state index contributed by atoms with van der Waals surface area (Å²) in [7, 11) is 4.00. The molecule has 2 N–H and O–H groups in total. The largest absolute Gasteiger partial charge is 0.480 e. The minimum absolute atomic E-state index is 0.272. The molecule has 0 spiro atoms. The average Bonchev–Trinajstić information content (AvgIpc) is 2.90. The lowest BCUT2D eigenvalue weighted by Gasteiger charge is -2.33. The maximum atomic E-state index is 11.7. The second-order valence-corrected chi connectivity index (χ2v) is 7.17. The molecule has 2 unspecified atom stereocenters. The summed E-state index contributed by atoms with van der Waals surface area (Å²) in [6.45, 7) is 2.21. The number of hydrogen-bond acceptors (Lipinski definition) is 3. The van der Waals surface area contributed by atoms with Crippen LogP contribution in [0.3, 0.4) is 0 Å². The Morgan fingerprint density at radius 1 is 1.24 bits per heavy atom. The highest BCUT2D eigenvalue weighted by Crippen LogP contribution is 2.38. The molecule has 0 amide bonds. The lowest BCUT2D eigenvalue weighted by atomic mass is 9.84. The molecule has 2 saturated carbocycles. The van der Waals surface area contributed by atoms with Crippen LogP contribution < -0.4 is 5.32 Å². The molecule has 0 saturated heterocycles. The van der Waals surface area contributed by atoms with E-state index in [1.807, 2.05) is 0 Å². The summed E-state index contributed by atoms with van der Waals surface area (Å²) >= 11 is 0. The van der Waals surface area contributed by atoms with Crippen molar-refractivity contribution in [3.05, 3.63) is 0 Å². The van der Waals surface area contributed by atoms with Crippen molar-refractivity contribution in [2.45, 2.75) is 63.3 Å². The van der Waals surface area contributed by atoms with Crippen LogP contribution in [0.2, 0.25) is 0 Å².